The third kappa shape index (κ3) is 5.73. The molecule has 1 saturated heterocycles. The number of nitrogens with zero attached hydrogens (tertiary/aromatic N) is 2. The lowest BCUT2D eigenvalue weighted by Gasteiger charge is -2.36. The number of benzene rings is 2. The van der Waals surface area contributed by atoms with E-state index in [4.69, 9.17) is 0 Å². The number of urea groups is 1. The molecule has 1 aliphatic rings. The minimum atomic E-state index is -4.43. The Bertz CT molecular complexity index is 1130. The van der Waals surface area contributed by atoms with Gasteiger partial charge in [0.2, 0.25) is 5.91 Å². The fourth-order valence-corrected chi connectivity index (χ4v) is 4.47. The van der Waals surface area contributed by atoms with Gasteiger partial charge in [-0.05, 0) is 53.8 Å². The van der Waals surface area contributed by atoms with Crippen LogP contribution in [0.25, 0.3) is 0 Å². The van der Waals surface area contributed by atoms with Crippen LogP contribution in [0.15, 0.2) is 66.0 Å². The molecule has 2 aromatic carbocycles. The summed E-state index contributed by atoms with van der Waals surface area (Å²) in [4.78, 5) is 29.5. The topological polar surface area (TPSA) is 52.7 Å². The summed E-state index contributed by atoms with van der Waals surface area (Å²) in [6.07, 6.45) is -3.47. The molecule has 1 fully saturated rings. The van der Waals surface area contributed by atoms with Gasteiger partial charge in [0.15, 0.2) is 0 Å². The van der Waals surface area contributed by atoms with Crippen LogP contribution in [0.1, 0.15) is 22.4 Å². The average Bonchev–Trinajstić information content (AvgIpc) is 3.28. The summed E-state index contributed by atoms with van der Waals surface area (Å²) < 4.78 is 39.1. The first-order valence-corrected chi connectivity index (χ1v) is 11.3. The molecular weight excluding hydrogens is 451 g/mol. The highest BCUT2D eigenvalue weighted by atomic mass is 32.1. The van der Waals surface area contributed by atoms with E-state index in [0.29, 0.717) is 36.4 Å². The fourth-order valence-electron chi connectivity index (χ4n) is 3.76. The van der Waals surface area contributed by atoms with Crippen LogP contribution in [0.3, 0.4) is 0 Å². The number of thiophene rings is 1. The molecule has 1 aliphatic heterocycles. The normalized spacial score (nSPS) is 14.5. The monoisotopic (exact) mass is 473 g/mol. The summed E-state index contributed by atoms with van der Waals surface area (Å²) in [6, 6.07) is 15.6. The maximum atomic E-state index is 13.1. The van der Waals surface area contributed by atoms with Gasteiger partial charge in [0, 0.05) is 35.9 Å². The first-order chi connectivity index (χ1) is 15.8. The van der Waals surface area contributed by atoms with E-state index < -0.39 is 11.7 Å². The number of carbonyl (C=O) groups excluding carboxylic acids is 2. The van der Waals surface area contributed by atoms with Gasteiger partial charge in [-0.1, -0.05) is 24.3 Å². The quantitative estimate of drug-likeness (QED) is 0.493. The molecular formula is C24H22F3N3O2S. The van der Waals surface area contributed by atoms with Gasteiger partial charge in [-0.15, -0.1) is 11.3 Å². The van der Waals surface area contributed by atoms with Gasteiger partial charge in [0.25, 0.3) is 0 Å². The Labute approximate surface area is 193 Å². The molecule has 0 atom stereocenters. The predicted octanol–water partition coefficient (Wildman–Crippen LogP) is 5.78. The van der Waals surface area contributed by atoms with Crippen molar-refractivity contribution in [2.45, 2.75) is 25.6 Å². The third-order valence-corrected chi connectivity index (χ3v) is 6.17. The zero-order valence-corrected chi connectivity index (χ0v) is 18.5. The van der Waals surface area contributed by atoms with E-state index in [1.807, 2.05) is 17.5 Å². The summed E-state index contributed by atoms with van der Waals surface area (Å²) in [7, 11) is 0. The van der Waals surface area contributed by atoms with Crippen molar-refractivity contribution in [3.63, 3.8) is 0 Å². The second-order valence-corrected chi connectivity index (χ2v) is 8.79. The van der Waals surface area contributed by atoms with Gasteiger partial charge in [-0.25, -0.2) is 4.79 Å². The first kappa shape index (κ1) is 22.8. The van der Waals surface area contributed by atoms with Gasteiger partial charge < -0.3 is 10.2 Å². The maximum Gasteiger partial charge on any atom is 0.416 e. The summed E-state index contributed by atoms with van der Waals surface area (Å²) in [6.45, 7) is 1.05. The smallest absolute Gasteiger partial charge is 0.326 e. The molecule has 1 N–H and O–H groups in total. The first-order valence-electron chi connectivity index (χ1n) is 10.4. The SMILES string of the molecule is O=C(Cc1cccs1)Nc1cccc(N2CCCN(Cc3cccc(C(F)(F)F)c3)C2=O)c1. The zero-order valence-electron chi connectivity index (χ0n) is 17.6. The highest BCUT2D eigenvalue weighted by molar-refractivity contribution is 7.10. The van der Waals surface area contributed by atoms with E-state index in [9.17, 15) is 22.8 Å². The molecule has 0 aliphatic carbocycles. The lowest BCUT2D eigenvalue weighted by molar-refractivity contribution is -0.137. The lowest BCUT2D eigenvalue weighted by Crippen LogP contribution is -2.49. The van der Waals surface area contributed by atoms with Crippen molar-refractivity contribution >= 4 is 34.6 Å². The minimum absolute atomic E-state index is 0.0937. The van der Waals surface area contributed by atoms with Crippen LogP contribution >= 0.6 is 11.3 Å². The van der Waals surface area contributed by atoms with E-state index in [0.717, 1.165) is 17.0 Å². The van der Waals surface area contributed by atoms with Crippen molar-refractivity contribution in [1.82, 2.24) is 4.90 Å². The summed E-state index contributed by atoms with van der Waals surface area (Å²) >= 11 is 1.51. The predicted molar refractivity (Wildman–Crippen MR) is 122 cm³/mol. The van der Waals surface area contributed by atoms with Crippen LogP contribution in [0.2, 0.25) is 0 Å². The van der Waals surface area contributed by atoms with Crippen molar-refractivity contribution in [3.05, 3.63) is 82.0 Å². The van der Waals surface area contributed by atoms with E-state index in [1.165, 1.54) is 17.4 Å². The molecule has 1 aromatic heterocycles. The number of alkyl halides is 3. The van der Waals surface area contributed by atoms with Crippen molar-refractivity contribution in [3.8, 4) is 0 Å². The molecule has 3 amide bonds. The molecule has 172 valence electrons. The van der Waals surface area contributed by atoms with E-state index >= 15 is 0 Å². The van der Waals surface area contributed by atoms with Crippen LogP contribution < -0.4 is 10.2 Å². The van der Waals surface area contributed by atoms with Crippen LogP contribution in [0.5, 0.6) is 0 Å². The Hall–Kier alpha value is -3.33. The summed E-state index contributed by atoms with van der Waals surface area (Å²) in [5.41, 5.74) is 0.904. The van der Waals surface area contributed by atoms with Crippen molar-refractivity contribution < 1.29 is 22.8 Å². The number of anilines is 2. The fraction of sp³-hybridized carbons (Fsp3) is 0.250. The number of hydrogen-bond acceptors (Lipinski definition) is 3. The number of carbonyl (C=O) groups is 2. The Morgan fingerprint density at radius 3 is 2.61 bits per heavy atom. The van der Waals surface area contributed by atoms with Crippen molar-refractivity contribution in [1.29, 1.82) is 0 Å². The molecule has 4 rings (SSSR count). The molecule has 0 unspecified atom stereocenters. The lowest BCUT2D eigenvalue weighted by atomic mass is 10.1. The van der Waals surface area contributed by atoms with Crippen molar-refractivity contribution in [2.24, 2.45) is 0 Å². The highest BCUT2D eigenvalue weighted by Crippen LogP contribution is 2.30. The van der Waals surface area contributed by atoms with Crippen LogP contribution in [-0.4, -0.2) is 29.9 Å². The zero-order chi connectivity index (χ0) is 23.4. The molecule has 0 bridgehead atoms. The molecule has 0 spiro atoms. The highest BCUT2D eigenvalue weighted by Gasteiger charge is 2.31. The second-order valence-electron chi connectivity index (χ2n) is 7.76. The Kier molecular flexibility index (Phi) is 6.69. The Morgan fingerprint density at radius 1 is 1.03 bits per heavy atom. The van der Waals surface area contributed by atoms with Gasteiger partial charge >= 0.3 is 12.2 Å². The number of amides is 3. The third-order valence-electron chi connectivity index (χ3n) is 5.30. The molecule has 0 saturated carbocycles. The molecule has 2 heterocycles. The van der Waals surface area contributed by atoms with Crippen LogP contribution in [-0.2, 0) is 23.9 Å². The van der Waals surface area contributed by atoms with Crippen LogP contribution in [0, 0.1) is 0 Å². The number of rotatable bonds is 6. The summed E-state index contributed by atoms with van der Waals surface area (Å²) in [5.74, 6) is -0.147. The minimum Gasteiger partial charge on any atom is -0.326 e. The van der Waals surface area contributed by atoms with Gasteiger partial charge in [-0.2, -0.15) is 13.2 Å². The Balaban J connectivity index is 1.44. The standard InChI is InChI=1S/C24H22F3N3O2S/c25-24(26,27)18-6-1-5-17(13-18)16-29-10-4-11-30(23(29)32)20-8-2-7-19(14-20)28-22(31)15-21-9-3-12-33-21/h1-3,5-9,12-14H,4,10-11,15-16H2,(H,28,31). The Morgan fingerprint density at radius 2 is 1.85 bits per heavy atom. The largest absolute Gasteiger partial charge is 0.416 e. The molecule has 3 aromatic rings. The van der Waals surface area contributed by atoms with Crippen LogP contribution in [0.4, 0.5) is 29.3 Å². The molecule has 33 heavy (non-hydrogen) atoms. The molecule has 9 heteroatoms. The van der Waals surface area contributed by atoms with Gasteiger partial charge in [-0.3, -0.25) is 9.69 Å². The van der Waals surface area contributed by atoms with E-state index in [2.05, 4.69) is 5.32 Å². The maximum absolute atomic E-state index is 13.1. The van der Waals surface area contributed by atoms with Gasteiger partial charge in [0.05, 0.1) is 12.0 Å². The molecule has 5 nitrogen and oxygen atoms in total. The summed E-state index contributed by atoms with van der Waals surface area (Å²) in [5, 5.41) is 4.77. The number of nitrogens with one attached hydrogen (secondary N) is 1. The second kappa shape index (κ2) is 9.66. The number of hydrogen-bond donors (Lipinski definition) is 1. The van der Waals surface area contributed by atoms with E-state index in [1.54, 1.807) is 40.1 Å². The number of halogens is 3. The van der Waals surface area contributed by atoms with Gasteiger partial charge in [0.1, 0.15) is 0 Å². The van der Waals surface area contributed by atoms with E-state index in [-0.39, 0.29) is 24.9 Å². The van der Waals surface area contributed by atoms with Crippen molar-refractivity contribution in [2.75, 3.05) is 23.3 Å². The average molecular weight is 474 g/mol. The molecule has 0 radical (unpaired) electrons.